The normalized spacial score (nSPS) is 10.8. The molecule has 0 unspecified atom stereocenters. The highest BCUT2D eigenvalue weighted by Gasteiger charge is 2.13. The Kier molecular flexibility index (Phi) is 4.80. The molecule has 3 rings (SSSR count). The molecule has 0 radical (unpaired) electrons. The number of fused-ring (bicyclic) bond motifs is 1. The summed E-state index contributed by atoms with van der Waals surface area (Å²) in [7, 11) is 0. The first-order valence-electron chi connectivity index (χ1n) is 8.59. The van der Waals surface area contributed by atoms with Gasteiger partial charge in [0.2, 0.25) is 5.91 Å². The molecule has 1 heterocycles. The van der Waals surface area contributed by atoms with Crippen molar-refractivity contribution < 1.29 is 9.59 Å². The topological polar surface area (TPSA) is 74.0 Å². The smallest absolute Gasteiger partial charge is 0.268 e. The van der Waals surface area contributed by atoms with Crippen LogP contribution in [0.1, 0.15) is 32.7 Å². The lowest BCUT2D eigenvalue weighted by Gasteiger charge is -2.11. The van der Waals surface area contributed by atoms with Crippen molar-refractivity contribution in [2.45, 2.75) is 27.7 Å². The maximum absolute atomic E-state index is 12.4. The second-order valence-electron chi connectivity index (χ2n) is 6.72. The van der Waals surface area contributed by atoms with Crippen LogP contribution in [0, 0.1) is 27.7 Å². The first-order valence-corrected chi connectivity index (χ1v) is 8.59. The van der Waals surface area contributed by atoms with Crippen LogP contribution in [0.4, 0.5) is 5.69 Å². The van der Waals surface area contributed by atoms with Gasteiger partial charge in [-0.2, -0.15) is 0 Å². The molecule has 0 fully saturated rings. The summed E-state index contributed by atoms with van der Waals surface area (Å²) < 4.78 is 0. The number of benzene rings is 2. The van der Waals surface area contributed by atoms with Crippen molar-refractivity contribution >= 4 is 28.4 Å². The molecular formula is C21H23N3O2. The summed E-state index contributed by atoms with van der Waals surface area (Å²) in [6.07, 6.45) is 0. The van der Waals surface area contributed by atoms with Gasteiger partial charge in [-0.25, -0.2) is 0 Å². The summed E-state index contributed by atoms with van der Waals surface area (Å²) in [5.74, 6) is -0.547. The molecule has 0 aliphatic rings. The second kappa shape index (κ2) is 7.04. The number of hydrogen-bond acceptors (Lipinski definition) is 2. The van der Waals surface area contributed by atoms with Crippen molar-refractivity contribution in [2.24, 2.45) is 0 Å². The third-order valence-corrected chi connectivity index (χ3v) is 4.49. The number of nitrogens with one attached hydrogen (secondary N) is 3. The first-order chi connectivity index (χ1) is 12.3. The lowest BCUT2D eigenvalue weighted by Crippen LogP contribution is -2.33. The number of rotatable bonds is 4. The lowest BCUT2D eigenvalue weighted by atomic mass is 10.1. The molecular weight excluding hydrogens is 326 g/mol. The van der Waals surface area contributed by atoms with E-state index in [2.05, 4.69) is 21.7 Å². The van der Waals surface area contributed by atoms with E-state index in [9.17, 15) is 9.59 Å². The summed E-state index contributed by atoms with van der Waals surface area (Å²) >= 11 is 0. The summed E-state index contributed by atoms with van der Waals surface area (Å²) in [6.45, 7) is 7.83. The molecule has 5 heteroatoms. The van der Waals surface area contributed by atoms with Crippen LogP contribution in [0.3, 0.4) is 0 Å². The lowest BCUT2D eigenvalue weighted by molar-refractivity contribution is -0.115. The standard InChI is InChI=1S/C21H23N3O2/c1-12-8-15(4)16-10-18(23-17(16)9-12)21(26)22-11-19(25)24-20-13(2)6-5-7-14(20)3/h5-10,23H,11H2,1-4H3,(H,22,26)(H,24,25). The molecule has 3 N–H and O–H groups in total. The van der Waals surface area contributed by atoms with Gasteiger partial charge in [0.1, 0.15) is 5.69 Å². The first kappa shape index (κ1) is 17.7. The van der Waals surface area contributed by atoms with Crippen LogP contribution < -0.4 is 10.6 Å². The molecule has 2 amide bonds. The molecule has 0 bridgehead atoms. The fourth-order valence-electron chi connectivity index (χ4n) is 3.17. The van der Waals surface area contributed by atoms with Crippen LogP contribution in [0.5, 0.6) is 0 Å². The Morgan fingerprint density at radius 1 is 0.962 bits per heavy atom. The Labute approximate surface area is 152 Å². The van der Waals surface area contributed by atoms with Gasteiger partial charge in [0.05, 0.1) is 6.54 Å². The zero-order valence-corrected chi connectivity index (χ0v) is 15.5. The van der Waals surface area contributed by atoms with Gasteiger partial charge in [-0.05, 0) is 62.1 Å². The molecule has 0 spiro atoms. The number of H-pyrrole nitrogens is 1. The van der Waals surface area contributed by atoms with Crippen LogP contribution >= 0.6 is 0 Å². The van der Waals surface area contributed by atoms with E-state index in [1.165, 1.54) is 0 Å². The zero-order chi connectivity index (χ0) is 18.8. The fourth-order valence-corrected chi connectivity index (χ4v) is 3.17. The minimum absolute atomic E-state index is 0.0834. The summed E-state index contributed by atoms with van der Waals surface area (Å²) in [5.41, 5.74) is 6.40. The van der Waals surface area contributed by atoms with Crippen molar-refractivity contribution in [3.8, 4) is 0 Å². The number of hydrogen-bond donors (Lipinski definition) is 3. The summed E-state index contributed by atoms with van der Waals surface area (Å²) in [6, 6.07) is 11.7. The van der Waals surface area contributed by atoms with Crippen molar-refractivity contribution in [3.05, 3.63) is 64.3 Å². The SMILES string of the molecule is Cc1cc(C)c2cc(C(=O)NCC(=O)Nc3c(C)cccc3C)[nH]c2c1. The largest absolute Gasteiger partial charge is 0.351 e. The Morgan fingerprint density at radius 2 is 1.65 bits per heavy atom. The molecule has 2 aromatic carbocycles. The van der Waals surface area contributed by atoms with Crippen LogP contribution in [0.2, 0.25) is 0 Å². The highest BCUT2D eigenvalue weighted by Crippen LogP contribution is 2.21. The van der Waals surface area contributed by atoms with Crippen LogP contribution in [0.15, 0.2) is 36.4 Å². The number of carbonyl (C=O) groups is 2. The number of para-hydroxylation sites is 1. The van der Waals surface area contributed by atoms with Gasteiger partial charge < -0.3 is 15.6 Å². The van der Waals surface area contributed by atoms with E-state index in [0.717, 1.165) is 38.8 Å². The van der Waals surface area contributed by atoms with E-state index in [-0.39, 0.29) is 18.4 Å². The number of carbonyl (C=O) groups excluding carboxylic acids is 2. The summed E-state index contributed by atoms with van der Waals surface area (Å²) in [5, 5.41) is 6.55. The minimum atomic E-state index is -0.296. The van der Waals surface area contributed by atoms with Gasteiger partial charge in [0, 0.05) is 16.6 Å². The number of amides is 2. The van der Waals surface area contributed by atoms with Crippen LogP contribution in [-0.4, -0.2) is 23.3 Å². The molecule has 0 atom stereocenters. The van der Waals surface area contributed by atoms with E-state index >= 15 is 0 Å². The molecule has 0 saturated heterocycles. The Morgan fingerprint density at radius 3 is 2.35 bits per heavy atom. The van der Waals surface area contributed by atoms with Crippen molar-refractivity contribution in [3.63, 3.8) is 0 Å². The Bertz CT molecular complexity index is 982. The fraction of sp³-hybridized carbons (Fsp3) is 0.238. The number of aromatic amines is 1. The Hall–Kier alpha value is -3.08. The van der Waals surface area contributed by atoms with E-state index < -0.39 is 0 Å². The molecule has 0 saturated carbocycles. The third-order valence-electron chi connectivity index (χ3n) is 4.49. The predicted molar refractivity (Wildman–Crippen MR) is 105 cm³/mol. The number of anilines is 1. The van der Waals surface area contributed by atoms with Gasteiger partial charge in [-0.3, -0.25) is 9.59 Å². The second-order valence-corrected chi connectivity index (χ2v) is 6.72. The zero-order valence-electron chi connectivity index (χ0n) is 15.5. The molecule has 26 heavy (non-hydrogen) atoms. The number of aromatic nitrogens is 1. The third kappa shape index (κ3) is 3.61. The highest BCUT2D eigenvalue weighted by atomic mass is 16.2. The summed E-state index contributed by atoms with van der Waals surface area (Å²) in [4.78, 5) is 27.7. The van der Waals surface area contributed by atoms with E-state index in [1.807, 2.05) is 58.0 Å². The maximum Gasteiger partial charge on any atom is 0.268 e. The number of aryl methyl sites for hydroxylation is 4. The van der Waals surface area contributed by atoms with Gasteiger partial charge in [0.25, 0.3) is 5.91 Å². The van der Waals surface area contributed by atoms with E-state index in [4.69, 9.17) is 0 Å². The molecule has 134 valence electrons. The Balaban J connectivity index is 1.67. The average molecular weight is 349 g/mol. The monoisotopic (exact) mass is 349 g/mol. The van der Waals surface area contributed by atoms with Gasteiger partial charge in [-0.15, -0.1) is 0 Å². The molecule has 3 aromatic rings. The maximum atomic E-state index is 12.4. The van der Waals surface area contributed by atoms with Crippen LogP contribution in [-0.2, 0) is 4.79 Å². The molecule has 0 aliphatic heterocycles. The van der Waals surface area contributed by atoms with E-state index in [0.29, 0.717) is 5.69 Å². The predicted octanol–water partition coefficient (Wildman–Crippen LogP) is 3.77. The highest BCUT2D eigenvalue weighted by molar-refractivity contribution is 6.02. The van der Waals surface area contributed by atoms with Crippen molar-refractivity contribution in [1.82, 2.24) is 10.3 Å². The van der Waals surface area contributed by atoms with Gasteiger partial charge in [0.15, 0.2) is 0 Å². The van der Waals surface area contributed by atoms with Gasteiger partial charge >= 0.3 is 0 Å². The average Bonchev–Trinajstić information content (AvgIpc) is 3.00. The molecule has 1 aromatic heterocycles. The van der Waals surface area contributed by atoms with Crippen molar-refractivity contribution in [1.29, 1.82) is 0 Å². The molecule has 0 aliphatic carbocycles. The van der Waals surface area contributed by atoms with Crippen LogP contribution in [0.25, 0.3) is 10.9 Å². The minimum Gasteiger partial charge on any atom is -0.351 e. The quantitative estimate of drug-likeness (QED) is 0.671. The van der Waals surface area contributed by atoms with E-state index in [1.54, 1.807) is 0 Å². The van der Waals surface area contributed by atoms with Gasteiger partial charge in [-0.1, -0.05) is 24.3 Å². The van der Waals surface area contributed by atoms with Crippen molar-refractivity contribution in [2.75, 3.05) is 11.9 Å². The molecule has 5 nitrogen and oxygen atoms in total.